The van der Waals surface area contributed by atoms with E-state index in [1.807, 2.05) is 6.92 Å². The van der Waals surface area contributed by atoms with E-state index < -0.39 is 12.0 Å². The van der Waals surface area contributed by atoms with Crippen LogP contribution in [0.4, 0.5) is 16.2 Å². The number of hydrogen-bond acceptors (Lipinski definition) is 4. The predicted octanol–water partition coefficient (Wildman–Crippen LogP) is 6.53. The molecule has 0 aliphatic carbocycles. The van der Waals surface area contributed by atoms with Crippen LogP contribution in [0.25, 0.3) is 5.82 Å². The van der Waals surface area contributed by atoms with Gasteiger partial charge in [0.15, 0.2) is 5.82 Å². The smallest absolute Gasteiger partial charge is 0.411 e. The first-order valence-electron chi connectivity index (χ1n) is 9.40. The van der Waals surface area contributed by atoms with Gasteiger partial charge >= 0.3 is 6.09 Å². The van der Waals surface area contributed by atoms with Crippen LogP contribution in [-0.2, 0) is 0 Å². The number of amides is 2. The highest BCUT2D eigenvalue weighted by Crippen LogP contribution is 2.37. The number of nitrogens with zero attached hydrogens (tertiary/aromatic N) is 4. The normalized spacial score (nSPS) is 10.8. The average Bonchev–Trinajstić information content (AvgIpc) is 3.12. The predicted molar refractivity (Wildman–Crippen MR) is 129 cm³/mol. The van der Waals surface area contributed by atoms with Gasteiger partial charge in [0.2, 0.25) is 0 Å². The number of carboxylic acid groups (broad SMARTS) is 1. The topological polar surface area (TPSA) is 100 Å². The second-order valence-corrected chi connectivity index (χ2v) is 8.66. The van der Waals surface area contributed by atoms with Gasteiger partial charge in [0.05, 0.1) is 21.4 Å². The zero-order valence-corrected chi connectivity index (χ0v) is 20.5. The molecule has 0 fully saturated rings. The zero-order valence-electron chi connectivity index (χ0n) is 16.6. The Kier molecular flexibility index (Phi) is 8.00. The van der Waals surface area contributed by atoms with E-state index in [4.69, 9.17) is 34.8 Å². The summed E-state index contributed by atoms with van der Waals surface area (Å²) >= 11 is 22.0. The fourth-order valence-electron chi connectivity index (χ4n) is 2.92. The highest BCUT2D eigenvalue weighted by Gasteiger charge is 2.24. The minimum Gasteiger partial charge on any atom is -0.465 e. The summed E-state index contributed by atoms with van der Waals surface area (Å²) in [5, 5.41) is 17.3. The summed E-state index contributed by atoms with van der Waals surface area (Å²) in [6.45, 7) is 2.15. The van der Waals surface area contributed by atoms with Crippen molar-refractivity contribution in [2.24, 2.45) is 0 Å². The minimum atomic E-state index is -1.19. The van der Waals surface area contributed by atoms with Gasteiger partial charge in [-0.1, -0.05) is 48.1 Å². The van der Waals surface area contributed by atoms with Crippen LogP contribution < -0.4 is 10.2 Å². The molecule has 0 saturated heterocycles. The third-order valence-corrected chi connectivity index (χ3v) is 5.58. The van der Waals surface area contributed by atoms with Crippen LogP contribution in [-0.4, -0.2) is 38.4 Å². The molecular formula is C20H17BrCl3N5O3. The van der Waals surface area contributed by atoms with Crippen LogP contribution in [0, 0.1) is 0 Å². The quantitative estimate of drug-likeness (QED) is 0.342. The molecule has 32 heavy (non-hydrogen) atoms. The number of rotatable bonds is 7. The maximum absolute atomic E-state index is 13.2. The van der Waals surface area contributed by atoms with Gasteiger partial charge in [0, 0.05) is 23.8 Å². The Morgan fingerprint density at radius 1 is 1.22 bits per heavy atom. The molecule has 0 spiro atoms. The Balaban J connectivity index is 2.04. The maximum Gasteiger partial charge on any atom is 0.411 e. The second kappa shape index (κ2) is 10.5. The van der Waals surface area contributed by atoms with Crippen molar-refractivity contribution in [2.75, 3.05) is 16.8 Å². The van der Waals surface area contributed by atoms with Crippen molar-refractivity contribution in [1.29, 1.82) is 0 Å². The second-order valence-electron chi connectivity index (χ2n) is 6.60. The zero-order chi connectivity index (χ0) is 23.4. The summed E-state index contributed by atoms with van der Waals surface area (Å²) in [4.78, 5) is 30.4. The van der Waals surface area contributed by atoms with E-state index in [1.165, 1.54) is 29.1 Å². The van der Waals surface area contributed by atoms with E-state index >= 15 is 0 Å². The largest absolute Gasteiger partial charge is 0.465 e. The molecule has 3 rings (SSSR count). The van der Waals surface area contributed by atoms with Crippen molar-refractivity contribution in [1.82, 2.24) is 14.8 Å². The molecule has 0 saturated carbocycles. The molecular weight excluding hydrogens is 545 g/mol. The molecule has 0 unspecified atom stereocenters. The molecule has 2 heterocycles. The SMILES string of the molecule is CCCCN(C(=O)O)c1cc(Cl)cc(Cl)c1NC(=O)c1cc(Br)nn1-c1ncccc1Cl. The molecule has 168 valence electrons. The van der Waals surface area contributed by atoms with E-state index in [0.717, 1.165) is 11.3 Å². The van der Waals surface area contributed by atoms with E-state index in [1.54, 1.807) is 12.1 Å². The molecule has 2 N–H and O–H groups in total. The number of carbonyl (C=O) groups excluding carboxylic acids is 1. The minimum absolute atomic E-state index is 0.0876. The third-order valence-electron chi connectivity index (χ3n) is 4.38. The van der Waals surface area contributed by atoms with Gasteiger partial charge < -0.3 is 10.4 Å². The first-order chi connectivity index (χ1) is 15.2. The van der Waals surface area contributed by atoms with Crippen molar-refractivity contribution in [3.8, 4) is 5.82 Å². The van der Waals surface area contributed by atoms with Gasteiger partial charge in [-0.3, -0.25) is 9.69 Å². The molecule has 0 bridgehead atoms. The Bertz CT molecular complexity index is 1170. The van der Waals surface area contributed by atoms with Crippen LogP contribution >= 0.6 is 50.7 Å². The standard InChI is InChI=1S/C20H17BrCl3N5O3/c1-2-3-7-28(20(31)32)14-9-11(22)8-13(24)17(14)26-19(30)15-10-16(21)27-29(15)18-12(23)5-4-6-25-18/h4-6,8-10H,2-3,7H2,1H3,(H,26,30)(H,31,32). The molecule has 0 radical (unpaired) electrons. The molecule has 12 heteroatoms. The summed E-state index contributed by atoms with van der Waals surface area (Å²) in [6.07, 6.45) is 1.71. The Labute approximate surface area is 207 Å². The number of benzene rings is 1. The van der Waals surface area contributed by atoms with Gasteiger partial charge in [0.25, 0.3) is 5.91 Å². The highest BCUT2D eigenvalue weighted by molar-refractivity contribution is 9.10. The monoisotopic (exact) mass is 559 g/mol. The van der Waals surface area contributed by atoms with Crippen molar-refractivity contribution in [3.05, 3.63) is 61.9 Å². The van der Waals surface area contributed by atoms with Crippen LogP contribution in [0.2, 0.25) is 15.1 Å². The van der Waals surface area contributed by atoms with Crippen LogP contribution in [0.3, 0.4) is 0 Å². The van der Waals surface area contributed by atoms with E-state index in [-0.39, 0.29) is 39.5 Å². The van der Waals surface area contributed by atoms with Crippen molar-refractivity contribution in [3.63, 3.8) is 0 Å². The Hall–Kier alpha value is -2.33. The highest BCUT2D eigenvalue weighted by atomic mass is 79.9. The number of pyridine rings is 1. The lowest BCUT2D eigenvalue weighted by Gasteiger charge is -2.23. The summed E-state index contributed by atoms with van der Waals surface area (Å²) in [7, 11) is 0. The van der Waals surface area contributed by atoms with E-state index in [0.29, 0.717) is 16.0 Å². The van der Waals surface area contributed by atoms with Crippen molar-refractivity contribution >= 4 is 74.1 Å². The lowest BCUT2D eigenvalue weighted by atomic mass is 10.2. The van der Waals surface area contributed by atoms with Crippen LogP contribution in [0.1, 0.15) is 30.3 Å². The van der Waals surface area contributed by atoms with E-state index in [9.17, 15) is 14.7 Å². The van der Waals surface area contributed by atoms with Gasteiger partial charge in [-0.2, -0.15) is 5.10 Å². The molecule has 0 aliphatic heterocycles. The fraction of sp³-hybridized carbons (Fsp3) is 0.200. The third kappa shape index (κ3) is 5.35. The number of anilines is 2. The molecule has 0 atom stereocenters. The number of nitrogens with one attached hydrogen (secondary N) is 1. The van der Waals surface area contributed by atoms with E-state index in [2.05, 4.69) is 31.3 Å². The van der Waals surface area contributed by atoms with Crippen molar-refractivity contribution in [2.45, 2.75) is 19.8 Å². The van der Waals surface area contributed by atoms with Crippen molar-refractivity contribution < 1.29 is 14.7 Å². The van der Waals surface area contributed by atoms with Crippen LogP contribution in [0.15, 0.2) is 41.1 Å². The number of unbranched alkanes of at least 4 members (excludes halogenated alkanes) is 1. The molecule has 0 aliphatic rings. The molecule has 3 aromatic rings. The summed E-state index contributed by atoms with van der Waals surface area (Å²) in [5.74, 6) is -0.348. The number of carbonyl (C=O) groups is 2. The van der Waals surface area contributed by atoms with Gasteiger partial charge in [0.1, 0.15) is 10.3 Å². The summed E-state index contributed by atoms with van der Waals surface area (Å²) < 4.78 is 1.65. The Morgan fingerprint density at radius 2 is 1.97 bits per heavy atom. The molecule has 2 aromatic heterocycles. The molecule has 1 aromatic carbocycles. The number of halogens is 4. The lowest BCUT2D eigenvalue weighted by molar-refractivity contribution is 0.101. The average molecular weight is 562 g/mol. The first-order valence-corrected chi connectivity index (χ1v) is 11.3. The lowest BCUT2D eigenvalue weighted by Crippen LogP contribution is -2.31. The first kappa shape index (κ1) is 24.3. The Morgan fingerprint density at radius 3 is 2.62 bits per heavy atom. The van der Waals surface area contributed by atoms with Gasteiger partial charge in [-0.05, 0) is 46.6 Å². The fourth-order valence-corrected chi connectivity index (χ4v) is 4.03. The number of hydrogen-bond donors (Lipinski definition) is 2. The van der Waals surface area contributed by atoms with Gasteiger partial charge in [-0.25, -0.2) is 14.5 Å². The summed E-state index contributed by atoms with van der Waals surface area (Å²) in [6, 6.07) is 7.62. The molecule has 2 amide bonds. The summed E-state index contributed by atoms with van der Waals surface area (Å²) in [5.41, 5.74) is 0.373. The van der Waals surface area contributed by atoms with Gasteiger partial charge in [-0.15, -0.1) is 0 Å². The van der Waals surface area contributed by atoms with Crippen LogP contribution in [0.5, 0.6) is 0 Å². The maximum atomic E-state index is 13.2. The molecule has 8 nitrogen and oxygen atoms in total. The number of aromatic nitrogens is 3.